The maximum absolute atomic E-state index is 13.8. The minimum atomic E-state index is -0.735. The molecule has 0 saturated heterocycles. The van der Waals surface area contributed by atoms with E-state index in [4.69, 9.17) is 16.7 Å². The molecule has 0 aliphatic carbocycles. The van der Waals surface area contributed by atoms with E-state index in [0.717, 1.165) is 28.6 Å². The average Bonchev–Trinajstić information content (AvgIpc) is 3.46. The number of nitrogens with zero attached hydrogens (tertiary/aromatic N) is 3. The first-order valence-electron chi connectivity index (χ1n) is 11.5. The van der Waals surface area contributed by atoms with Crippen LogP contribution in [0, 0.1) is 18.6 Å². The van der Waals surface area contributed by atoms with Crippen LogP contribution in [0.15, 0.2) is 76.8 Å². The summed E-state index contributed by atoms with van der Waals surface area (Å²) in [6.07, 6.45) is 0.380. The van der Waals surface area contributed by atoms with E-state index in [1.165, 1.54) is 18.2 Å². The van der Waals surface area contributed by atoms with Gasteiger partial charge in [0.25, 0.3) is 5.91 Å². The number of halogens is 3. The van der Waals surface area contributed by atoms with Crippen LogP contribution < -0.4 is 5.32 Å². The Morgan fingerprint density at radius 1 is 1.11 bits per heavy atom. The quantitative estimate of drug-likeness (QED) is 0.426. The maximum Gasteiger partial charge on any atom is 0.262 e. The number of rotatable bonds is 5. The third-order valence-corrected chi connectivity index (χ3v) is 7.49. The van der Waals surface area contributed by atoms with Crippen molar-refractivity contribution in [1.29, 1.82) is 0 Å². The van der Waals surface area contributed by atoms with E-state index in [0.29, 0.717) is 27.9 Å². The van der Waals surface area contributed by atoms with Gasteiger partial charge in [0.05, 0.1) is 11.8 Å². The number of amidine groups is 1. The second kappa shape index (κ2) is 10.4. The van der Waals surface area contributed by atoms with Gasteiger partial charge in [-0.05, 0) is 60.0 Å². The van der Waals surface area contributed by atoms with E-state index in [1.54, 1.807) is 48.3 Å². The first-order valence-corrected chi connectivity index (χ1v) is 12.8. The summed E-state index contributed by atoms with van der Waals surface area (Å²) < 4.78 is 27.3. The van der Waals surface area contributed by atoms with Gasteiger partial charge in [0.15, 0.2) is 5.17 Å². The topological polar surface area (TPSA) is 74.1 Å². The molecule has 2 aliphatic heterocycles. The van der Waals surface area contributed by atoms with Crippen LogP contribution >= 0.6 is 23.4 Å². The summed E-state index contributed by atoms with van der Waals surface area (Å²) in [5.74, 6) is -1.63. The Balaban J connectivity index is 1.34. The first kappa shape index (κ1) is 25.1. The molecule has 0 aromatic heterocycles. The molecule has 5 rings (SSSR count). The summed E-state index contributed by atoms with van der Waals surface area (Å²) in [5, 5.41) is 9.28. The molecule has 0 bridgehead atoms. The lowest BCUT2D eigenvalue weighted by molar-refractivity contribution is -0.121. The van der Waals surface area contributed by atoms with Crippen molar-refractivity contribution in [2.45, 2.75) is 31.1 Å². The second-order valence-corrected chi connectivity index (χ2v) is 10.3. The molecule has 10 heteroatoms. The monoisotopic (exact) mass is 538 g/mol. The average molecular weight is 539 g/mol. The number of aliphatic imine (C=N–C) groups is 1. The van der Waals surface area contributed by atoms with Crippen molar-refractivity contribution in [3.63, 3.8) is 0 Å². The lowest BCUT2D eigenvalue weighted by Gasteiger charge is -2.23. The molecule has 0 spiro atoms. The third-order valence-electron chi connectivity index (χ3n) is 6.09. The molecule has 0 saturated carbocycles. The number of hydrogen-bond donors (Lipinski definition) is 1. The molecule has 1 N–H and O–H groups in total. The highest BCUT2D eigenvalue weighted by atomic mass is 35.5. The number of hydrazone groups is 1. The van der Waals surface area contributed by atoms with Crippen molar-refractivity contribution in [1.82, 2.24) is 5.01 Å². The fourth-order valence-corrected chi connectivity index (χ4v) is 5.29. The molecule has 2 amide bonds. The number of benzene rings is 3. The Morgan fingerprint density at radius 2 is 1.84 bits per heavy atom. The number of hydrogen-bond acceptors (Lipinski definition) is 5. The SMILES string of the molecule is Cc1ccc(NC(=O)C[C@@H]2SC(N3N=C(c4ccc(F)cc4)C[C@@H]3c3ccc(Cl)cc3)=NC2=O)cc1F. The Morgan fingerprint density at radius 3 is 2.54 bits per heavy atom. The van der Waals surface area contributed by atoms with Gasteiger partial charge in [-0.2, -0.15) is 10.1 Å². The molecule has 0 radical (unpaired) electrons. The lowest BCUT2D eigenvalue weighted by Crippen LogP contribution is -2.25. The van der Waals surface area contributed by atoms with E-state index in [-0.39, 0.29) is 18.3 Å². The number of nitrogens with one attached hydrogen (secondary N) is 1. The summed E-state index contributed by atoms with van der Waals surface area (Å²) >= 11 is 7.23. The Hall–Kier alpha value is -3.56. The summed E-state index contributed by atoms with van der Waals surface area (Å²) in [6.45, 7) is 1.63. The molecule has 0 fully saturated rings. The zero-order valence-electron chi connectivity index (χ0n) is 19.6. The fraction of sp³-hybridized carbons (Fsp3) is 0.185. The molecule has 2 heterocycles. The van der Waals surface area contributed by atoms with Gasteiger partial charge >= 0.3 is 0 Å². The molecule has 37 heavy (non-hydrogen) atoms. The highest BCUT2D eigenvalue weighted by molar-refractivity contribution is 8.15. The Bertz CT molecular complexity index is 1430. The highest BCUT2D eigenvalue weighted by Gasteiger charge is 2.39. The Kier molecular flexibility index (Phi) is 7.08. The van der Waals surface area contributed by atoms with Crippen LogP contribution in [0.25, 0.3) is 0 Å². The predicted molar refractivity (Wildman–Crippen MR) is 142 cm³/mol. The Labute approximate surface area is 221 Å². The van der Waals surface area contributed by atoms with E-state index >= 15 is 0 Å². The number of carbonyl (C=O) groups is 2. The molecule has 2 atom stereocenters. The van der Waals surface area contributed by atoms with Crippen LogP contribution in [-0.4, -0.2) is 33.0 Å². The smallest absolute Gasteiger partial charge is 0.262 e. The van der Waals surface area contributed by atoms with Crippen LogP contribution in [0.1, 0.15) is 35.6 Å². The van der Waals surface area contributed by atoms with E-state index in [1.807, 2.05) is 12.1 Å². The number of aryl methyl sites for hydroxylation is 1. The van der Waals surface area contributed by atoms with Gasteiger partial charge in [0, 0.05) is 23.6 Å². The van der Waals surface area contributed by atoms with Gasteiger partial charge in [-0.25, -0.2) is 13.8 Å². The van der Waals surface area contributed by atoms with Gasteiger partial charge in [0.1, 0.15) is 16.9 Å². The van der Waals surface area contributed by atoms with Crippen LogP contribution in [0.4, 0.5) is 14.5 Å². The van der Waals surface area contributed by atoms with E-state index < -0.39 is 22.9 Å². The predicted octanol–water partition coefficient (Wildman–Crippen LogP) is 6.10. The van der Waals surface area contributed by atoms with Gasteiger partial charge in [0.2, 0.25) is 5.91 Å². The van der Waals surface area contributed by atoms with Crippen molar-refractivity contribution in [3.05, 3.63) is 100 Å². The van der Waals surface area contributed by atoms with Crippen molar-refractivity contribution in [2.24, 2.45) is 10.1 Å². The molecule has 2 aliphatic rings. The normalized spacial score (nSPS) is 19.1. The number of anilines is 1. The molecule has 3 aromatic carbocycles. The molecular formula is C27H21ClF2N4O2S. The summed E-state index contributed by atoms with van der Waals surface area (Å²) in [7, 11) is 0. The number of thioether (sulfide) groups is 1. The summed E-state index contributed by atoms with van der Waals surface area (Å²) in [4.78, 5) is 29.5. The molecule has 0 unspecified atom stereocenters. The van der Waals surface area contributed by atoms with Crippen LogP contribution in [0.3, 0.4) is 0 Å². The van der Waals surface area contributed by atoms with Gasteiger partial charge in [-0.3, -0.25) is 9.59 Å². The third kappa shape index (κ3) is 5.57. The zero-order valence-corrected chi connectivity index (χ0v) is 21.2. The minimum Gasteiger partial charge on any atom is -0.326 e. The highest BCUT2D eigenvalue weighted by Crippen LogP contribution is 2.39. The van der Waals surface area contributed by atoms with Crippen LogP contribution in [-0.2, 0) is 9.59 Å². The van der Waals surface area contributed by atoms with E-state index in [2.05, 4.69) is 10.3 Å². The largest absolute Gasteiger partial charge is 0.326 e. The minimum absolute atomic E-state index is 0.125. The van der Waals surface area contributed by atoms with Crippen LogP contribution in [0.5, 0.6) is 0 Å². The van der Waals surface area contributed by atoms with Gasteiger partial charge in [-0.1, -0.05) is 53.7 Å². The van der Waals surface area contributed by atoms with Crippen LogP contribution in [0.2, 0.25) is 5.02 Å². The molecule has 6 nitrogen and oxygen atoms in total. The molecule has 3 aromatic rings. The summed E-state index contributed by atoms with van der Waals surface area (Å²) in [6, 6.07) is 17.5. The van der Waals surface area contributed by atoms with Crippen molar-refractivity contribution >= 4 is 51.7 Å². The van der Waals surface area contributed by atoms with Crippen molar-refractivity contribution < 1.29 is 18.4 Å². The fourth-order valence-electron chi connectivity index (χ4n) is 4.10. The number of amides is 2. The lowest BCUT2D eigenvalue weighted by atomic mass is 9.99. The number of carbonyl (C=O) groups excluding carboxylic acids is 2. The molecular weight excluding hydrogens is 518 g/mol. The van der Waals surface area contributed by atoms with E-state index in [9.17, 15) is 18.4 Å². The maximum atomic E-state index is 13.8. The first-order chi connectivity index (χ1) is 17.8. The molecule has 188 valence electrons. The van der Waals surface area contributed by atoms with Gasteiger partial charge in [-0.15, -0.1) is 0 Å². The second-order valence-electron chi connectivity index (χ2n) is 8.73. The standard InChI is InChI=1S/C27H21ClF2N4O2S/c1-15-2-11-20(12-21(15)30)31-25(35)14-24-26(36)32-27(37-24)34-23(17-3-7-18(28)8-4-17)13-22(33-34)16-5-9-19(29)10-6-16/h2-12,23-24H,13-14H2,1H3,(H,31,35)/t23-,24+/m1/s1. The zero-order chi connectivity index (χ0) is 26.1. The van der Waals surface area contributed by atoms with Crippen molar-refractivity contribution in [2.75, 3.05) is 5.32 Å². The summed E-state index contributed by atoms with van der Waals surface area (Å²) in [5.41, 5.74) is 3.19. The van der Waals surface area contributed by atoms with Crippen molar-refractivity contribution in [3.8, 4) is 0 Å². The van der Waals surface area contributed by atoms with Gasteiger partial charge < -0.3 is 5.32 Å².